The summed E-state index contributed by atoms with van der Waals surface area (Å²) in [5.74, 6) is -2.75. The van der Waals surface area contributed by atoms with Crippen LogP contribution in [0.2, 0.25) is 0 Å². The first-order chi connectivity index (χ1) is 11.8. The van der Waals surface area contributed by atoms with Gasteiger partial charge in [0.1, 0.15) is 10.4 Å². The molecule has 0 bridgehead atoms. The van der Waals surface area contributed by atoms with Crippen molar-refractivity contribution >= 4 is 38.7 Å². The van der Waals surface area contributed by atoms with Crippen LogP contribution < -0.4 is 4.72 Å². The highest BCUT2D eigenvalue weighted by Crippen LogP contribution is 2.25. The third-order valence-corrected chi connectivity index (χ3v) is 4.68. The molecule has 0 fully saturated rings. The molecule has 10 nitrogen and oxygen atoms in total. The highest BCUT2D eigenvalue weighted by atomic mass is 32.2. The van der Waals surface area contributed by atoms with Gasteiger partial charge < -0.3 is 10.2 Å². The van der Waals surface area contributed by atoms with E-state index in [-0.39, 0.29) is 27.2 Å². The number of aromatic carboxylic acids is 2. The van der Waals surface area contributed by atoms with Crippen LogP contribution in [0.4, 0.5) is 5.69 Å². The maximum absolute atomic E-state index is 12.6. The van der Waals surface area contributed by atoms with Gasteiger partial charge in [0.15, 0.2) is 5.52 Å². The number of rotatable bonds is 5. The lowest BCUT2D eigenvalue weighted by atomic mass is 10.1. The van der Waals surface area contributed by atoms with Crippen LogP contribution in [0.15, 0.2) is 45.9 Å². The van der Waals surface area contributed by atoms with Gasteiger partial charge in [0.25, 0.3) is 10.0 Å². The Hall–Kier alpha value is -3.47. The molecule has 0 saturated carbocycles. The van der Waals surface area contributed by atoms with Crippen LogP contribution in [0.3, 0.4) is 0 Å². The number of carboxylic acid groups (broad SMARTS) is 2. The SMILES string of the molecule is O=C(O)c1ccc(C(=O)O)c(NS(=O)(=O)c2cccc3nonc23)c1. The summed E-state index contributed by atoms with van der Waals surface area (Å²) in [6, 6.07) is 7.11. The van der Waals surface area contributed by atoms with E-state index in [0.29, 0.717) is 0 Å². The summed E-state index contributed by atoms with van der Waals surface area (Å²) in [7, 11) is -4.28. The van der Waals surface area contributed by atoms with Gasteiger partial charge in [-0.3, -0.25) is 4.72 Å². The van der Waals surface area contributed by atoms with Crippen molar-refractivity contribution in [1.82, 2.24) is 10.3 Å². The van der Waals surface area contributed by atoms with E-state index in [1.807, 2.05) is 0 Å². The van der Waals surface area contributed by atoms with Crippen molar-refractivity contribution in [2.45, 2.75) is 4.90 Å². The summed E-state index contributed by atoms with van der Waals surface area (Å²) in [5.41, 5.74) is -0.911. The monoisotopic (exact) mass is 363 g/mol. The van der Waals surface area contributed by atoms with Crippen LogP contribution in [-0.4, -0.2) is 40.9 Å². The van der Waals surface area contributed by atoms with Gasteiger partial charge in [-0.25, -0.2) is 22.6 Å². The predicted molar refractivity (Wildman–Crippen MR) is 83.0 cm³/mol. The Bertz CT molecular complexity index is 1100. The number of anilines is 1. The first-order valence-corrected chi connectivity index (χ1v) is 8.12. The lowest BCUT2D eigenvalue weighted by Crippen LogP contribution is -2.16. The molecule has 0 amide bonds. The van der Waals surface area contributed by atoms with Gasteiger partial charge in [0, 0.05) is 0 Å². The number of nitrogens with one attached hydrogen (secondary N) is 1. The molecule has 2 aromatic carbocycles. The number of fused-ring (bicyclic) bond motifs is 1. The number of carboxylic acids is 2. The van der Waals surface area contributed by atoms with Crippen LogP contribution in [0.1, 0.15) is 20.7 Å². The highest BCUT2D eigenvalue weighted by Gasteiger charge is 2.23. The maximum atomic E-state index is 12.6. The van der Waals surface area contributed by atoms with Crippen LogP contribution in [0.5, 0.6) is 0 Å². The quantitative estimate of drug-likeness (QED) is 0.609. The lowest BCUT2D eigenvalue weighted by Gasteiger charge is -2.11. The summed E-state index contributed by atoms with van der Waals surface area (Å²) >= 11 is 0. The molecule has 0 unspecified atom stereocenters. The topological polar surface area (TPSA) is 160 Å². The number of carbonyl (C=O) groups is 2. The molecule has 3 rings (SSSR count). The Morgan fingerprint density at radius 2 is 1.80 bits per heavy atom. The number of hydrogen-bond acceptors (Lipinski definition) is 7. The fraction of sp³-hybridized carbons (Fsp3) is 0. The molecule has 11 heteroatoms. The van der Waals surface area contributed by atoms with Crippen LogP contribution in [0.25, 0.3) is 11.0 Å². The molecule has 1 aromatic heterocycles. The average Bonchev–Trinajstić information content (AvgIpc) is 3.02. The van der Waals surface area contributed by atoms with E-state index in [9.17, 15) is 23.1 Å². The molecule has 128 valence electrons. The summed E-state index contributed by atoms with van der Waals surface area (Å²) in [6.07, 6.45) is 0. The zero-order valence-corrected chi connectivity index (χ0v) is 13.0. The van der Waals surface area contributed by atoms with Crippen LogP contribution in [0, 0.1) is 0 Å². The first kappa shape index (κ1) is 16.4. The zero-order chi connectivity index (χ0) is 18.2. The Morgan fingerprint density at radius 1 is 1.04 bits per heavy atom. The van der Waals surface area contributed by atoms with E-state index in [0.717, 1.165) is 18.2 Å². The minimum atomic E-state index is -4.28. The largest absolute Gasteiger partial charge is 0.478 e. The minimum Gasteiger partial charge on any atom is -0.478 e. The first-order valence-electron chi connectivity index (χ1n) is 6.64. The van der Waals surface area contributed by atoms with Crippen molar-refractivity contribution in [3.8, 4) is 0 Å². The maximum Gasteiger partial charge on any atom is 0.337 e. The Morgan fingerprint density at radius 3 is 2.48 bits per heavy atom. The molecular formula is C14H9N3O7S. The predicted octanol–water partition coefficient (Wildman–Crippen LogP) is 1.42. The molecule has 0 aliphatic rings. The average molecular weight is 363 g/mol. The van der Waals surface area contributed by atoms with Crippen molar-refractivity contribution in [2.24, 2.45) is 0 Å². The van der Waals surface area contributed by atoms with Gasteiger partial charge in [-0.05, 0) is 40.6 Å². The molecule has 3 N–H and O–H groups in total. The molecule has 0 radical (unpaired) electrons. The molecule has 0 saturated heterocycles. The summed E-state index contributed by atoms with van der Waals surface area (Å²) in [5, 5.41) is 25.2. The highest BCUT2D eigenvalue weighted by molar-refractivity contribution is 7.93. The van der Waals surface area contributed by atoms with Gasteiger partial charge in [0.05, 0.1) is 16.8 Å². The van der Waals surface area contributed by atoms with Crippen molar-refractivity contribution in [3.05, 3.63) is 47.5 Å². The van der Waals surface area contributed by atoms with E-state index in [1.54, 1.807) is 0 Å². The van der Waals surface area contributed by atoms with E-state index in [4.69, 9.17) is 5.11 Å². The van der Waals surface area contributed by atoms with Gasteiger partial charge in [-0.15, -0.1) is 0 Å². The normalized spacial score (nSPS) is 11.4. The third kappa shape index (κ3) is 2.99. The molecule has 3 aromatic rings. The summed E-state index contributed by atoms with van der Waals surface area (Å²) in [4.78, 5) is 22.0. The minimum absolute atomic E-state index is 0.0405. The number of hydrogen-bond donors (Lipinski definition) is 3. The van der Waals surface area contributed by atoms with Gasteiger partial charge in [0.2, 0.25) is 0 Å². The third-order valence-electron chi connectivity index (χ3n) is 3.28. The van der Waals surface area contributed by atoms with Crippen LogP contribution in [-0.2, 0) is 10.0 Å². The smallest absolute Gasteiger partial charge is 0.337 e. The Kier molecular flexibility index (Phi) is 3.85. The molecular weight excluding hydrogens is 354 g/mol. The second kappa shape index (κ2) is 5.87. The summed E-state index contributed by atoms with van der Waals surface area (Å²) < 4.78 is 31.8. The standard InChI is InChI=1S/C14H9N3O7S/c18-13(19)7-4-5-8(14(20)21)10(6-7)17-25(22,23)11-3-1-2-9-12(11)16-24-15-9/h1-6,17H,(H,18,19)(H,20,21). The second-order valence-electron chi connectivity index (χ2n) is 4.86. The zero-order valence-electron chi connectivity index (χ0n) is 12.2. The molecule has 0 aliphatic heterocycles. The molecule has 0 spiro atoms. The molecule has 0 aliphatic carbocycles. The number of sulfonamides is 1. The fourth-order valence-corrected chi connectivity index (χ4v) is 3.37. The van der Waals surface area contributed by atoms with E-state index in [2.05, 4.69) is 19.7 Å². The number of aromatic nitrogens is 2. The molecule has 25 heavy (non-hydrogen) atoms. The second-order valence-corrected chi connectivity index (χ2v) is 6.52. The van der Waals surface area contributed by atoms with Crippen LogP contribution >= 0.6 is 0 Å². The number of benzene rings is 2. The van der Waals surface area contributed by atoms with Gasteiger partial charge >= 0.3 is 11.9 Å². The lowest BCUT2D eigenvalue weighted by molar-refractivity contribution is 0.0682. The van der Waals surface area contributed by atoms with E-state index in [1.165, 1.54) is 18.2 Å². The van der Waals surface area contributed by atoms with E-state index >= 15 is 0 Å². The van der Waals surface area contributed by atoms with Crippen molar-refractivity contribution in [3.63, 3.8) is 0 Å². The molecule has 0 atom stereocenters. The van der Waals surface area contributed by atoms with Crippen molar-refractivity contribution in [1.29, 1.82) is 0 Å². The van der Waals surface area contributed by atoms with E-state index < -0.39 is 27.5 Å². The Labute approximate surface area is 139 Å². The fourth-order valence-electron chi connectivity index (χ4n) is 2.15. The van der Waals surface area contributed by atoms with Crippen molar-refractivity contribution < 1.29 is 32.8 Å². The Balaban J connectivity index is 2.12. The summed E-state index contributed by atoms with van der Waals surface area (Å²) in [6.45, 7) is 0. The molecule has 1 heterocycles. The number of nitrogens with zero attached hydrogens (tertiary/aromatic N) is 2. The van der Waals surface area contributed by atoms with Gasteiger partial charge in [-0.1, -0.05) is 6.07 Å². The van der Waals surface area contributed by atoms with Crippen molar-refractivity contribution in [2.75, 3.05) is 4.72 Å². The van der Waals surface area contributed by atoms with Gasteiger partial charge in [-0.2, -0.15) is 0 Å².